The Morgan fingerprint density at radius 1 is 1.11 bits per heavy atom. The molecule has 0 unspecified atom stereocenters. The Balaban J connectivity index is 1.74. The smallest absolute Gasteiger partial charge is 0.410 e. The molecule has 0 saturated heterocycles. The standard InChI is InChI=1S/C25H33F2N5O3/c1-31(15-17-9-5-3-6-10-17)25(33)34-16-20(32(2)29)22(28)19-13-14-21(23(30-19)24(26)27)35-18-11-7-4-8-12-18/h3,5-6,9-10,13-14,18,24H,4,7-8,11-12,15-16,28-29H2,1-2H3/b22-20-. The number of carbonyl (C=O) groups excluding carboxylic acids is 1. The van der Waals surface area contributed by atoms with Crippen LogP contribution < -0.4 is 16.3 Å². The molecule has 3 rings (SSSR count). The number of hydrogen-bond donors (Lipinski definition) is 2. The first kappa shape index (κ1) is 26.2. The Kier molecular flexibility index (Phi) is 9.25. The van der Waals surface area contributed by atoms with E-state index < -0.39 is 18.2 Å². The van der Waals surface area contributed by atoms with Crippen LogP contribution in [0.2, 0.25) is 0 Å². The summed E-state index contributed by atoms with van der Waals surface area (Å²) in [5, 5.41) is 1.18. The van der Waals surface area contributed by atoms with E-state index in [1.807, 2.05) is 30.3 Å². The second-order valence-corrected chi connectivity index (χ2v) is 8.63. The highest BCUT2D eigenvalue weighted by Crippen LogP contribution is 2.32. The van der Waals surface area contributed by atoms with Gasteiger partial charge in [-0.15, -0.1) is 0 Å². The van der Waals surface area contributed by atoms with Gasteiger partial charge < -0.3 is 25.1 Å². The minimum Gasteiger partial charge on any atom is -0.488 e. The molecule has 1 saturated carbocycles. The monoisotopic (exact) mass is 489 g/mol. The van der Waals surface area contributed by atoms with Gasteiger partial charge in [0, 0.05) is 20.6 Å². The predicted octanol–water partition coefficient (Wildman–Crippen LogP) is 4.43. The zero-order chi connectivity index (χ0) is 25.4. The average Bonchev–Trinajstić information content (AvgIpc) is 2.85. The van der Waals surface area contributed by atoms with Gasteiger partial charge in [0.1, 0.15) is 18.1 Å². The molecule has 0 atom stereocenters. The molecule has 1 aromatic heterocycles. The number of likely N-dealkylation sites (N-methyl/N-ethyl adjacent to an activating group) is 1. The van der Waals surface area contributed by atoms with E-state index in [9.17, 15) is 13.6 Å². The first-order valence-electron chi connectivity index (χ1n) is 11.6. The van der Waals surface area contributed by atoms with Gasteiger partial charge in [-0.25, -0.2) is 24.4 Å². The maximum absolute atomic E-state index is 13.8. The maximum atomic E-state index is 13.8. The number of alkyl halides is 2. The number of amides is 1. The molecule has 0 aliphatic heterocycles. The number of hydrazine groups is 1. The van der Waals surface area contributed by atoms with Crippen molar-refractivity contribution in [3.63, 3.8) is 0 Å². The van der Waals surface area contributed by atoms with Crippen molar-refractivity contribution in [3.8, 4) is 5.75 Å². The maximum Gasteiger partial charge on any atom is 0.410 e. The number of benzene rings is 1. The lowest BCUT2D eigenvalue weighted by molar-refractivity contribution is 0.111. The molecule has 35 heavy (non-hydrogen) atoms. The van der Waals surface area contributed by atoms with Gasteiger partial charge in [0.05, 0.1) is 23.2 Å². The summed E-state index contributed by atoms with van der Waals surface area (Å²) in [5.41, 5.74) is 7.04. The van der Waals surface area contributed by atoms with Crippen LogP contribution in [-0.4, -0.2) is 47.8 Å². The first-order chi connectivity index (χ1) is 16.8. The SMILES string of the molecule is CN(Cc1ccccc1)C(=O)OC/C(=C(/N)c1ccc(OC2CCCCC2)c(C(F)F)n1)N(C)N. The lowest BCUT2D eigenvalue weighted by Crippen LogP contribution is -2.33. The fraction of sp³-hybridized carbons (Fsp3) is 0.440. The second kappa shape index (κ2) is 12.3. The van der Waals surface area contributed by atoms with Crippen molar-refractivity contribution >= 4 is 11.8 Å². The van der Waals surface area contributed by atoms with Crippen LogP contribution in [0.4, 0.5) is 13.6 Å². The summed E-state index contributed by atoms with van der Waals surface area (Å²) in [4.78, 5) is 17.9. The molecule has 1 heterocycles. The molecule has 0 radical (unpaired) electrons. The quantitative estimate of drug-likeness (QED) is 0.396. The minimum atomic E-state index is -2.84. The molecule has 1 fully saturated rings. The van der Waals surface area contributed by atoms with Gasteiger partial charge in [-0.1, -0.05) is 36.8 Å². The van der Waals surface area contributed by atoms with Crippen molar-refractivity contribution in [2.45, 2.75) is 51.2 Å². The van der Waals surface area contributed by atoms with E-state index in [1.54, 1.807) is 7.05 Å². The predicted molar refractivity (Wildman–Crippen MR) is 129 cm³/mol. The number of carbonyl (C=O) groups is 1. The number of nitrogens with two attached hydrogens (primary N) is 2. The highest BCUT2D eigenvalue weighted by atomic mass is 19.3. The summed E-state index contributed by atoms with van der Waals surface area (Å²) in [6, 6.07) is 12.4. The van der Waals surface area contributed by atoms with Crippen molar-refractivity contribution in [2.75, 3.05) is 20.7 Å². The molecule has 1 aliphatic rings. The van der Waals surface area contributed by atoms with E-state index in [2.05, 4.69) is 4.98 Å². The van der Waals surface area contributed by atoms with E-state index in [1.165, 1.54) is 29.1 Å². The molecule has 1 aromatic carbocycles. The fourth-order valence-electron chi connectivity index (χ4n) is 3.91. The van der Waals surface area contributed by atoms with E-state index in [0.717, 1.165) is 37.7 Å². The Morgan fingerprint density at radius 2 is 1.80 bits per heavy atom. The molecule has 2 aromatic rings. The molecule has 1 amide bonds. The topological polar surface area (TPSA) is 107 Å². The zero-order valence-corrected chi connectivity index (χ0v) is 20.1. The number of halogens is 2. The van der Waals surface area contributed by atoms with E-state index in [-0.39, 0.29) is 35.5 Å². The van der Waals surface area contributed by atoms with Crippen LogP contribution in [0.15, 0.2) is 48.2 Å². The largest absolute Gasteiger partial charge is 0.488 e. The number of pyridine rings is 1. The van der Waals surface area contributed by atoms with Crippen molar-refractivity contribution in [2.24, 2.45) is 11.6 Å². The van der Waals surface area contributed by atoms with Gasteiger partial charge in [0.25, 0.3) is 6.43 Å². The summed E-state index contributed by atoms with van der Waals surface area (Å²) >= 11 is 0. The van der Waals surface area contributed by atoms with E-state index >= 15 is 0 Å². The van der Waals surface area contributed by atoms with Crippen LogP contribution >= 0.6 is 0 Å². The van der Waals surface area contributed by atoms with Gasteiger partial charge in [-0.2, -0.15) is 0 Å². The Labute approximate surface area is 204 Å². The van der Waals surface area contributed by atoms with Crippen LogP contribution in [0.3, 0.4) is 0 Å². The van der Waals surface area contributed by atoms with Gasteiger partial charge >= 0.3 is 6.09 Å². The minimum absolute atomic E-state index is 0.0274. The average molecular weight is 490 g/mol. The molecular weight excluding hydrogens is 456 g/mol. The van der Waals surface area contributed by atoms with Crippen LogP contribution in [-0.2, 0) is 11.3 Å². The summed E-state index contributed by atoms with van der Waals surface area (Å²) in [6.45, 7) is 0.0945. The van der Waals surface area contributed by atoms with Gasteiger partial charge in [0.15, 0.2) is 0 Å². The highest BCUT2D eigenvalue weighted by Gasteiger charge is 2.23. The fourth-order valence-corrected chi connectivity index (χ4v) is 3.91. The molecule has 10 heteroatoms. The summed E-state index contributed by atoms with van der Waals surface area (Å²) < 4.78 is 38.8. The highest BCUT2D eigenvalue weighted by molar-refractivity contribution is 5.68. The molecule has 0 spiro atoms. The third-order valence-electron chi connectivity index (χ3n) is 5.86. The molecule has 8 nitrogen and oxygen atoms in total. The number of ether oxygens (including phenoxy) is 2. The third-order valence-corrected chi connectivity index (χ3v) is 5.86. The van der Waals surface area contributed by atoms with Crippen LogP contribution in [0.1, 0.15) is 55.5 Å². The number of nitrogens with zero attached hydrogens (tertiary/aromatic N) is 3. The number of rotatable bonds is 9. The number of aromatic nitrogens is 1. The molecular formula is C25H33F2N5O3. The molecule has 1 aliphatic carbocycles. The van der Waals surface area contributed by atoms with Crippen molar-refractivity contribution in [1.82, 2.24) is 14.9 Å². The lowest BCUT2D eigenvalue weighted by Gasteiger charge is -2.24. The summed E-state index contributed by atoms with van der Waals surface area (Å²) in [5.74, 6) is 5.96. The Bertz CT molecular complexity index is 1010. The lowest BCUT2D eigenvalue weighted by atomic mass is 9.98. The van der Waals surface area contributed by atoms with Crippen molar-refractivity contribution in [1.29, 1.82) is 0 Å². The van der Waals surface area contributed by atoms with E-state index in [4.69, 9.17) is 21.1 Å². The third kappa shape index (κ3) is 7.29. The van der Waals surface area contributed by atoms with Gasteiger partial charge in [-0.3, -0.25) is 0 Å². The van der Waals surface area contributed by atoms with Crippen molar-refractivity contribution < 1.29 is 23.0 Å². The molecule has 4 N–H and O–H groups in total. The van der Waals surface area contributed by atoms with Gasteiger partial charge in [-0.05, 0) is 43.4 Å². The first-order valence-corrected chi connectivity index (χ1v) is 11.6. The summed E-state index contributed by atoms with van der Waals surface area (Å²) in [6.07, 6.45) is 1.30. The molecule has 0 bridgehead atoms. The van der Waals surface area contributed by atoms with Gasteiger partial charge in [0.2, 0.25) is 0 Å². The second-order valence-electron chi connectivity index (χ2n) is 8.63. The van der Waals surface area contributed by atoms with Crippen LogP contribution in [0.25, 0.3) is 5.70 Å². The van der Waals surface area contributed by atoms with Crippen LogP contribution in [0.5, 0.6) is 5.75 Å². The van der Waals surface area contributed by atoms with E-state index in [0.29, 0.717) is 6.54 Å². The summed E-state index contributed by atoms with van der Waals surface area (Å²) in [7, 11) is 3.12. The zero-order valence-electron chi connectivity index (χ0n) is 20.1. The van der Waals surface area contributed by atoms with Crippen LogP contribution in [0, 0.1) is 0 Å². The Morgan fingerprint density at radius 3 is 2.43 bits per heavy atom. The number of hydrogen-bond acceptors (Lipinski definition) is 7. The van der Waals surface area contributed by atoms with Crippen molar-refractivity contribution in [3.05, 3.63) is 65.1 Å². The normalized spacial score (nSPS) is 14.9. The Hall–Kier alpha value is -3.40. The molecule has 190 valence electrons.